The van der Waals surface area contributed by atoms with Crippen LogP contribution >= 0.6 is 0 Å². The number of nitrogens with zero attached hydrogens (tertiary/aromatic N) is 1. The summed E-state index contributed by atoms with van der Waals surface area (Å²) in [5, 5.41) is 14.2. The second kappa shape index (κ2) is 5.60. The van der Waals surface area contributed by atoms with Crippen molar-refractivity contribution in [2.75, 3.05) is 13.2 Å². The zero-order chi connectivity index (χ0) is 13.8. The number of rotatable bonds is 4. The molecule has 4 N–H and O–H groups in total. The minimum atomic E-state index is -0.216. The lowest BCUT2D eigenvalue weighted by Gasteiger charge is -2.11. The third-order valence-electron chi connectivity index (χ3n) is 3.14. The Bertz CT molecular complexity index is 514. The maximum absolute atomic E-state index is 12.0. The van der Waals surface area contributed by atoms with Crippen LogP contribution in [0.1, 0.15) is 22.8 Å². The van der Waals surface area contributed by atoms with E-state index >= 15 is 0 Å². The van der Waals surface area contributed by atoms with Crippen molar-refractivity contribution < 1.29 is 14.7 Å². The fourth-order valence-electron chi connectivity index (χ4n) is 1.88. The molecule has 0 bridgehead atoms. The summed E-state index contributed by atoms with van der Waals surface area (Å²) in [5.74, 6) is 0.559. The summed E-state index contributed by atoms with van der Waals surface area (Å²) in [7, 11) is 0. The molecule has 0 fully saturated rings. The van der Waals surface area contributed by atoms with Crippen LogP contribution in [0.15, 0.2) is 23.4 Å². The van der Waals surface area contributed by atoms with E-state index in [1.54, 1.807) is 13.0 Å². The quantitative estimate of drug-likeness (QED) is 0.323. The number of fused-ring (bicyclic) bond motifs is 1. The molecule has 0 saturated carbocycles. The van der Waals surface area contributed by atoms with Gasteiger partial charge in [0.15, 0.2) is 0 Å². The van der Waals surface area contributed by atoms with E-state index in [-0.39, 0.29) is 17.7 Å². The lowest BCUT2D eigenvalue weighted by molar-refractivity contribution is 0.0951. The van der Waals surface area contributed by atoms with E-state index < -0.39 is 0 Å². The summed E-state index contributed by atoms with van der Waals surface area (Å²) in [5.41, 5.74) is 7.09. The summed E-state index contributed by atoms with van der Waals surface area (Å²) in [6.07, 6.45) is 0.830. The first-order valence-electron chi connectivity index (χ1n) is 6.13. The van der Waals surface area contributed by atoms with Crippen molar-refractivity contribution in [3.8, 4) is 5.75 Å². The standard InChI is InChI=1S/C13H17N3O3/c1-8(12(14)16-18)7-15-13(17)10-2-3-11-9(6-10)4-5-19-11/h2-3,6,8,18H,4-5,7H2,1H3,(H2,14,16)(H,15,17). The van der Waals surface area contributed by atoms with E-state index in [1.807, 2.05) is 12.1 Å². The number of carbonyl (C=O) groups excluding carboxylic acids is 1. The van der Waals surface area contributed by atoms with Crippen molar-refractivity contribution in [1.82, 2.24) is 5.32 Å². The van der Waals surface area contributed by atoms with Crippen LogP contribution in [0.5, 0.6) is 5.75 Å². The van der Waals surface area contributed by atoms with Crippen LogP contribution in [-0.2, 0) is 6.42 Å². The Labute approximate surface area is 111 Å². The molecule has 0 aliphatic carbocycles. The first kappa shape index (κ1) is 13.2. The van der Waals surface area contributed by atoms with Crippen molar-refractivity contribution in [2.24, 2.45) is 16.8 Å². The third kappa shape index (κ3) is 2.96. The van der Waals surface area contributed by atoms with Crippen molar-refractivity contribution in [3.05, 3.63) is 29.3 Å². The maximum Gasteiger partial charge on any atom is 0.251 e. The molecule has 6 nitrogen and oxygen atoms in total. The Morgan fingerprint density at radius 2 is 2.42 bits per heavy atom. The first-order valence-corrected chi connectivity index (χ1v) is 6.13. The van der Waals surface area contributed by atoms with Crippen LogP contribution in [0, 0.1) is 5.92 Å². The van der Waals surface area contributed by atoms with Crippen LogP contribution in [-0.4, -0.2) is 30.1 Å². The van der Waals surface area contributed by atoms with Crippen LogP contribution in [0.4, 0.5) is 0 Å². The lowest BCUT2D eigenvalue weighted by atomic mass is 10.1. The van der Waals surface area contributed by atoms with Gasteiger partial charge in [-0.15, -0.1) is 0 Å². The Morgan fingerprint density at radius 1 is 1.63 bits per heavy atom. The monoisotopic (exact) mass is 263 g/mol. The van der Waals surface area contributed by atoms with Gasteiger partial charge in [-0.25, -0.2) is 0 Å². The molecule has 2 rings (SSSR count). The van der Waals surface area contributed by atoms with Crippen molar-refractivity contribution >= 4 is 11.7 Å². The molecule has 1 aliphatic heterocycles. The fraction of sp³-hybridized carbons (Fsp3) is 0.385. The van der Waals surface area contributed by atoms with Crippen LogP contribution in [0.3, 0.4) is 0 Å². The second-order valence-electron chi connectivity index (χ2n) is 4.56. The van der Waals surface area contributed by atoms with E-state index in [1.165, 1.54) is 0 Å². The number of oxime groups is 1. The summed E-state index contributed by atoms with van der Waals surface area (Å²) < 4.78 is 5.39. The van der Waals surface area contributed by atoms with Crippen LogP contribution in [0.25, 0.3) is 0 Å². The number of nitrogens with one attached hydrogen (secondary N) is 1. The van der Waals surface area contributed by atoms with E-state index in [0.717, 1.165) is 17.7 Å². The van der Waals surface area contributed by atoms with Crippen molar-refractivity contribution in [2.45, 2.75) is 13.3 Å². The minimum absolute atomic E-state index is 0.0997. The molecule has 1 atom stereocenters. The molecular formula is C13H17N3O3. The fourth-order valence-corrected chi connectivity index (χ4v) is 1.88. The molecule has 1 amide bonds. The Hall–Kier alpha value is -2.24. The zero-order valence-corrected chi connectivity index (χ0v) is 10.7. The second-order valence-corrected chi connectivity index (χ2v) is 4.56. The van der Waals surface area contributed by atoms with E-state index in [2.05, 4.69) is 10.5 Å². The topological polar surface area (TPSA) is 96.9 Å². The lowest BCUT2D eigenvalue weighted by Crippen LogP contribution is -2.34. The van der Waals surface area contributed by atoms with Gasteiger partial charge in [0, 0.05) is 24.4 Å². The maximum atomic E-state index is 12.0. The number of hydrogen-bond acceptors (Lipinski definition) is 4. The molecule has 1 aromatic rings. The number of benzene rings is 1. The highest BCUT2D eigenvalue weighted by molar-refractivity contribution is 5.95. The summed E-state index contributed by atoms with van der Waals surface area (Å²) in [6, 6.07) is 5.38. The average molecular weight is 263 g/mol. The highest BCUT2D eigenvalue weighted by atomic mass is 16.5. The van der Waals surface area contributed by atoms with Crippen molar-refractivity contribution in [3.63, 3.8) is 0 Å². The van der Waals surface area contributed by atoms with Gasteiger partial charge in [0.1, 0.15) is 11.6 Å². The van der Waals surface area contributed by atoms with Crippen LogP contribution in [0.2, 0.25) is 0 Å². The SMILES string of the molecule is CC(CNC(=O)c1ccc2c(c1)CCO2)C(N)=NO. The van der Waals surface area contributed by atoms with E-state index in [9.17, 15) is 4.79 Å². The predicted octanol–water partition coefficient (Wildman–Crippen LogP) is 0.734. The molecule has 1 heterocycles. The van der Waals surface area contributed by atoms with Gasteiger partial charge in [0.05, 0.1) is 6.61 Å². The predicted molar refractivity (Wildman–Crippen MR) is 70.5 cm³/mol. The van der Waals surface area contributed by atoms with Gasteiger partial charge in [-0.3, -0.25) is 4.79 Å². The molecule has 1 unspecified atom stereocenters. The molecular weight excluding hydrogens is 246 g/mol. The molecule has 1 aromatic carbocycles. The highest BCUT2D eigenvalue weighted by Gasteiger charge is 2.16. The van der Waals surface area contributed by atoms with Gasteiger partial charge in [0.25, 0.3) is 5.91 Å². The summed E-state index contributed by atoms with van der Waals surface area (Å²) >= 11 is 0. The minimum Gasteiger partial charge on any atom is -0.493 e. The largest absolute Gasteiger partial charge is 0.493 e. The number of amides is 1. The van der Waals surface area contributed by atoms with Gasteiger partial charge in [-0.2, -0.15) is 0 Å². The van der Waals surface area contributed by atoms with E-state index in [0.29, 0.717) is 18.7 Å². The number of ether oxygens (including phenoxy) is 1. The molecule has 0 saturated heterocycles. The molecule has 0 spiro atoms. The molecule has 0 aromatic heterocycles. The van der Waals surface area contributed by atoms with Gasteiger partial charge < -0.3 is 21.0 Å². The van der Waals surface area contributed by atoms with Gasteiger partial charge in [-0.1, -0.05) is 12.1 Å². The molecule has 1 aliphatic rings. The molecule has 19 heavy (non-hydrogen) atoms. The number of hydrogen-bond donors (Lipinski definition) is 3. The van der Waals surface area contributed by atoms with Crippen molar-refractivity contribution in [1.29, 1.82) is 0 Å². The highest BCUT2D eigenvalue weighted by Crippen LogP contribution is 2.25. The van der Waals surface area contributed by atoms with E-state index in [4.69, 9.17) is 15.7 Å². The Balaban J connectivity index is 1.97. The number of amidine groups is 1. The Kier molecular flexibility index (Phi) is 3.89. The summed E-state index contributed by atoms with van der Waals surface area (Å²) in [6.45, 7) is 2.76. The smallest absolute Gasteiger partial charge is 0.251 e. The molecule has 0 radical (unpaired) electrons. The molecule has 6 heteroatoms. The average Bonchev–Trinajstić information content (AvgIpc) is 2.90. The summed E-state index contributed by atoms with van der Waals surface area (Å²) in [4.78, 5) is 12.0. The number of nitrogens with two attached hydrogens (primary N) is 1. The first-order chi connectivity index (χ1) is 9.11. The van der Waals surface area contributed by atoms with Gasteiger partial charge >= 0.3 is 0 Å². The van der Waals surface area contributed by atoms with Gasteiger partial charge in [0.2, 0.25) is 0 Å². The third-order valence-corrected chi connectivity index (χ3v) is 3.14. The normalized spacial score (nSPS) is 15.5. The zero-order valence-electron chi connectivity index (χ0n) is 10.7. The van der Waals surface area contributed by atoms with Gasteiger partial charge in [-0.05, 0) is 23.8 Å². The molecule has 102 valence electrons. The Morgan fingerprint density at radius 3 is 3.16 bits per heavy atom. The number of carbonyl (C=O) groups is 1. The van der Waals surface area contributed by atoms with Crippen LogP contribution < -0.4 is 15.8 Å².